The number of carbonyl (C=O) groups excluding carboxylic acids is 2. The van der Waals surface area contributed by atoms with Crippen molar-refractivity contribution in [2.75, 3.05) is 11.9 Å². The minimum Gasteiger partial charge on any atom is -0.484 e. The molecule has 1 amide bonds. The number of amides is 1. The molecule has 0 saturated carbocycles. The molecule has 0 aliphatic rings. The molecule has 3 aromatic rings. The van der Waals surface area contributed by atoms with Gasteiger partial charge in [-0.1, -0.05) is 0 Å². The maximum absolute atomic E-state index is 13.7. The third-order valence-electron chi connectivity index (χ3n) is 4.03. The molecular formula is C21H14F2N2O5. The second kappa shape index (κ2) is 8.91. The summed E-state index contributed by atoms with van der Waals surface area (Å²) in [4.78, 5) is 34.3. The third-order valence-corrected chi connectivity index (χ3v) is 4.03. The summed E-state index contributed by atoms with van der Waals surface area (Å²) >= 11 is 0. The fourth-order valence-corrected chi connectivity index (χ4v) is 2.53. The molecule has 0 heterocycles. The van der Waals surface area contributed by atoms with Gasteiger partial charge in [-0.2, -0.15) is 0 Å². The second-order valence-electron chi connectivity index (χ2n) is 6.12. The number of ketones is 1. The summed E-state index contributed by atoms with van der Waals surface area (Å²) in [6.07, 6.45) is 0. The Balaban J connectivity index is 1.59. The number of carbonyl (C=O) groups is 2. The SMILES string of the molecule is O=C(COc1ccc(C(=O)c2ccc(F)cc2)cc1)Nc1cc([N+](=O)[O-])ccc1F. The molecule has 30 heavy (non-hydrogen) atoms. The standard InChI is InChI=1S/C21H14F2N2O5/c22-15-5-1-13(2-6-15)21(27)14-3-8-17(9-4-14)30-12-20(26)24-19-11-16(25(28)29)7-10-18(19)23/h1-11H,12H2,(H,24,26). The van der Waals surface area contributed by atoms with E-state index in [1.165, 1.54) is 48.5 Å². The summed E-state index contributed by atoms with van der Waals surface area (Å²) in [7, 11) is 0. The van der Waals surface area contributed by atoms with Crippen LogP contribution in [0.5, 0.6) is 5.75 Å². The summed E-state index contributed by atoms with van der Waals surface area (Å²) in [5, 5.41) is 13.0. The van der Waals surface area contributed by atoms with Crippen molar-refractivity contribution in [3.63, 3.8) is 0 Å². The molecule has 0 aromatic heterocycles. The van der Waals surface area contributed by atoms with Gasteiger partial charge in [-0.05, 0) is 54.6 Å². The number of hydrogen-bond donors (Lipinski definition) is 1. The van der Waals surface area contributed by atoms with Crippen LogP contribution < -0.4 is 10.1 Å². The highest BCUT2D eigenvalue weighted by Crippen LogP contribution is 2.21. The number of nitrogens with one attached hydrogen (secondary N) is 1. The molecule has 0 aliphatic heterocycles. The fraction of sp³-hybridized carbons (Fsp3) is 0.0476. The molecule has 0 aliphatic carbocycles. The van der Waals surface area contributed by atoms with Gasteiger partial charge in [0.15, 0.2) is 12.4 Å². The fourth-order valence-electron chi connectivity index (χ4n) is 2.53. The first-order valence-electron chi connectivity index (χ1n) is 8.60. The molecule has 1 N–H and O–H groups in total. The van der Waals surface area contributed by atoms with Crippen LogP contribution in [0.2, 0.25) is 0 Å². The smallest absolute Gasteiger partial charge is 0.271 e. The molecule has 0 unspecified atom stereocenters. The zero-order valence-electron chi connectivity index (χ0n) is 15.3. The molecule has 3 aromatic carbocycles. The predicted molar refractivity (Wildman–Crippen MR) is 103 cm³/mol. The van der Waals surface area contributed by atoms with E-state index < -0.39 is 29.1 Å². The molecule has 0 bridgehead atoms. The Morgan fingerprint density at radius 2 is 1.53 bits per heavy atom. The number of rotatable bonds is 7. The highest BCUT2D eigenvalue weighted by atomic mass is 19.1. The largest absolute Gasteiger partial charge is 0.484 e. The Kier molecular flexibility index (Phi) is 6.11. The molecule has 3 rings (SSSR count). The average molecular weight is 412 g/mol. The van der Waals surface area contributed by atoms with Crippen LogP contribution in [-0.4, -0.2) is 23.2 Å². The number of nitrogens with zero attached hydrogens (tertiary/aromatic N) is 1. The van der Waals surface area contributed by atoms with Crippen LogP contribution in [0.15, 0.2) is 66.7 Å². The van der Waals surface area contributed by atoms with Crippen LogP contribution in [0, 0.1) is 21.7 Å². The van der Waals surface area contributed by atoms with E-state index in [4.69, 9.17) is 4.74 Å². The summed E-state index contributed by atoms with van der Waals surface area (Å²) in [6.45, 7) is -0.479. The lowest BCUT2D eigenvalue weighted by Crippen LogP contribution is -2.20. The van der Waals surface area contributed by atoms with Crippen LogP contribution in [0.3, 0.4) is 0 Å². The van der Waals surface area contributed by atoms with E-state index in [1.54, 1.807) is 0 Å². The number of non-ortho nitro benzene ring substituents is 1. The van der Waals surface area contributed by atoms with E-state index in [9.17, 15) is 28.5 Å². The predicted octanol–water partition coefficient (Wildman–Crippen LogP) is 4.12. The Labute approximate surface area is 169 Å². The highest BCUT2D eigenvalue weighted by molar-refractivity contribution is 6.09. The van der Waals surface area contributed by atoms with Crippen LogP contribution in [0.4, 0.5) is 20.2 Å². The van der Waals surface area contributed by atoms with E-state index >= 15 is 0 Å². The first-order valence-corrected chi connectivity index (χ1v) is 8.60. The summed E-state index contributed by atoms with van der Waals surface area (Å²) < 4.78 is 32.0. The number of ether oxygens (including phenoxy) is 1. The molecule has 7 nitrogen and oxygen atoms in total. The Hall–Kier alpha value is -4.14. The number of halogens is 2. The van der Waals surface area contributed by atoms with Gasteiger partial charge in [0.1, 0.15) is 17.4 Å². The van der Waals surface area contributed by atoms with Gasteiger partial charge in [0.2, 0.25) is 0 Å². The van der Waals surface area contributed by atoms with E-state index in [-0.39, 0.29) is 22.9 Å². The highest BCUT2D eigenvalue weighted by Gasteiger charge is 2.14. The van der Waals surface area contributed by atoms with Gasteiger partial charge in [-0.25, -0.2) is 8.78 Å². The van der Waals surface area contributed by atoms with Crippen molar-refractivity contribution < 1.29 is 28.0 Å². The van der Waals surface area contributed by atoms with Gasteiger partial charge in [-0.3, -0.25) is 19.7 Å². The van der Waals surface area contributed by atoms with E-state index in [0.29, 0.717) is 11.1 Å². The van der Waals surface area contributed by atoms with Gasteiger partial charge in [0, 0.05) is 23.3 Å². The Morgan fingerprint density at radius 1 is 0.933 bits per heavy atom. The molecule has 0 radical (unpaired) electrons. The normalized spacial score (nSPS) is 10.3. The maximum atomic E-state index is 13.7. The summed E-state index contributed by atoms with van der Waals surface area (Å²) in [5.74, 6) is -2.02. The zero-order valence-corrected chi connectivity index (χ0v) is 15.3. The molecule has 0 atom stereocenters. The lowest BCUT2D eigenvalue weighted by molar-refractivity contribution is -0.384. The van der Waals surface area contributed by atoms with Crippen LogP contribution >= 0.6 is 0 Å². The number of anilines is 1. The quantitative estimate of drug-likeness (QED) is 0.358. The topological polar surface area (TPSA) is 98.5 Å². The maximum Gasteiger partial charge on any atom is 0.271 e. The molecule has 9 heteroatoms. The first kappa shape index (κ1) is 20.6. The van der Waals surface area contributed by atoms with Gasteiger partial charge in [0.25, 0.3) is 11.6 Å². The minimum atomic E-state index is -0.822. The Bertz CT molecular complexity index is 1100. The number of benzene rings is 3. The van der Waals surface area contributed by atoms with Crippen LogP contribution in [0.25, 0.3) is 0 Å². The molecule has 0 spiro atoms. The van der Waals surface area contributed by atoms with Crippen LogP contribution in [-0.2, 0) is 4.79 Å². The van der Waals surface area contributed by atoms with Crippen molar-refractivity contribution in [2.45, 2.75) is 0 Å². The molecule has 0 saturated heterocycles. The van der Waals surface area contributed by atoms with E-state index in [1.807, 2.05) is 0 Å². The molecule has 0 fully saturated rings. The van der Waals surface area contributed by atoms with Crippen molar-refractivity contribution >= 4 is 23.1 Å². The summed E-state index contributed by atoms with van der Waals surface area (Å²) in [5.41, 5.74) is -0.0347. The van der Waals surface area contributed by atoms with Gasteiger partial charge in [-0.15, -0.1) is 0 Å². The number of nitro benzene ring substituents is 1. The first-order chi connectivity index (χ1) is 14.3. The number of hydrogen-bond acceptors (Lipinski definition) is 5. The Morgan fingerprint density at radius 3 is 2.13 bits per heavy atom. The third kappa shape index (κ3) is 5.02. The zero-order chi connectivity index (χ0) is 21.7. The van der Waals surface area contributed by atoms with Gasteiger partial charge in [0.05, 0.1) is 10.6 Å². The van der Waals surface area contributed by atoms with Crippen molar-refractivity contribution in [1.29, 1.82) is 0 Å². The van der Waals surface area contributed by atoms with Gasteiger partial charge >= 0.3 is 0 Å². The van der Waals surface area contributed by atoms with Crippen molar-refractivity contribution in [2.24, 2.45) is 0 Å². The second-order valence-corrected chi connectivity index (χ2v) is 6.12. The van der Waals surface area contributed by atoms with Crippen molar-refractivity contribution in [3.8, 4) is 5.75 Å². The lowest BCUT2D eigenvalue weighted by atomic mass is 10.0. The van der Waals surface area contributed by atoms with E-state index in [0.717, 1.165) is 18.2 Å². The lowest BCUT2D eigenvalue weighted by Gasteiger charge is -2.09. The van der Waals surface area contributed by atoms with Crippen molar-refractivity contribution in [1.82, 2.24) is 0 Å². The van der Waals surface area contributed by atoms with Crippen LogP contribution in [0.1, 0.15) is 15.9 Å². The monoisotopic (exact) mass is 412 g/mol. The molecular weight excluding hydrogens is 398 g/mol. The molecule has 152 valence electrons. The average Bonchev–Trinajstić information content (AvgIpc) is 2.74. The minimum absolute atomic E-state index is 0.278. The number of nitro groups is 1. The van der Waals surface area contributed by atoms with Gasteiger partial charge < -0.3 is 10.1 Å². The summed E-state index contributed by atoms with van der Waals surface area (Å²) in [6, 6.07) is 13.8. The van der Waals surface area contributed by atoms with E-state index in [2.05, 4.69) is 5.32 Å². The van der Waals surface area contributed by atoms with Crippen molar-refractivity contribution in [3.05, 3.63) is 99.6 Å².